The molecule has 21 heavy (non-hydrogen) atoms. The summed E-state index contributed by atoms with van der Waals surface area (Å²) >= 11 is 3.54. The molecule has 4 nitrogen and oxygen atoms in total. The van der Waals surface area contributed by atoms with Crippen LogP contribution < -0.4 is 10.1 Å². The van der Waals surface area contributed by atoms with Crippen molar-refractivity contribution in [1.29, 1.82) is 0 Å². The standard InChI is InChI=1S/C16H22BrN3O/c1-11(2)20-10-19-8-15(20)9-21-16-12(3)5-14(17)6-13(16)7-18-4/h5-6,8,10-11,18H,7,9H2,1-4H3. The normalized spacial score (nSPS) is 11.1. The zero-order valence-electron chi connectivity index (χ0n) is 13.0. The van der Waals surface area contributed by atoms with Gasteiger partial charge in [-0.2, -0.15) is 0 Å². The number of halogens is 1. The maximum Gasteiger partial charge on any atom is 0.130 e. The predicted molar refractivity (Wildman–Crippen MR) is 88.6 cm³/mol. The van der Waals surface area contributed by atoms with Gasteiger partial charge in [0.05, 0.1) is 18.2 Å². The minimum absolute atomic E-state index is 0.383. The fourth-order valence-corrected chi connectivity index (χ4v) is 3.00. The Morgan fingerprint density at radius 2 is 2.14 bits per heavy atom. The Labute approximate surface area is 134 Å². The van der Waals surface area contributed by atoms with Gasteiger partial charge >= 0.3 is 0 Å². The molecule has 0 saturated carbocycles. The van der Waals surface area contributed by atoms with E-state index in [0.29, 0.717) is 12.6 Å². The summed E-state index contributed by atoms with van der Waals surface area (Å²) in [7, 11) is 1.94. The molecule has 0 saturated heterocycles. The smallest absolute Gasteiger partial charge is 0.130 e. The van der Waals surface area contributed by atoms with Crippen LogP contribution in [0.5, 0.6) is 5.75 Å². The van der Waals surface area contributed by atoms with Gasteiger partial charge in [-0.25, -0.2) is 4.98 Å². The summed E-state index contributed by atoms with van der Waals surface area (Å²) in [5.74, 6) is 0.948. The van der Waals surface area contributed by atoms with Crippen LogP contribution in [0.1, 0.15) is 36.7 Å². The minimum atomic E-state index is 0.383. The van der Waals surface area contributed by atoms with E-state index in [4.69, 9.17) is 4.74 Å². The van der Waals surface area contributed by atoms with Crippen LogP contribution in [0.2, 0.25) is 0 Å². The molecule has 1 aromatic carbocycles. The number of imidazole rings is 1. The number of nitrogens with one attached hydrogen (secondary N) is 1. The molecule has 5 heteroatoms. The van der Waals surface area contributed by atoms with E-state index in [9.17, 15) is 0 Å². The molecule has 0 radical (unpaired) electrons. The van der Waals surface area contributed by atoms with Crippen LogP contribution in [0.4, 0.5) is 0 Å². The maximum atomic E-state index is 6.09. The van der Waals surface area contributed by atoms with E-state index in [1.54, 1.807) is 0 Å². The minimum Gasteiger partial charge on any atom is -0.487 e. The fraction of sp³-hybridized carbons (Fsp3) is 0.438. The Bertz CT molecular complexity index is 608. The monoisotopic (exact) mass is 351 g/mol. The first kappa shape index (κ1) is 16.0. The van der Waals surface area contributed by atoms with Gasteiger partial charge in [0.15, 0.2) is 0 Å². The van der Waals surface area contributed by atoms with Gasteiger partial charge in [-0.05, 0) is 45.5 Å². The molecule has 0 aliphatic rings. The molecule has 2 rings (SSSR count). The third-order valence-electron chi connectivity index (χ3n) is 3.35. The van der Waals surface area contributed by atoms with Gasteiger partial charge in [-0.1, -0.05) is 15.9 Å². The molecular formula is C16H22BrN3O. The van der Waals surface area contributed by atoms with E-state index in [1.165, 1.54) is 0 Å². The second kappa shape index (κ2) is 7.09. The first-order valence-corrected chi connectivity index (χ1v) is 7.89. The lowest BCUT2D eigenvalue weighted by Crippen LogP contribution is -2.11. The van der Waals surface area contributed by atoms with Gasteiger partial charge in [0, 0.05) is 22.6 Å². The molecule has 114 valence electrons. The Balaban J connectivity index is 2.21. The summed E-state index contributed by atoms with van der Waals surface area (Å²) in [5, 5.41) is 3.18. The average molecular weight is 352 g/mol. The van der Waals surface area contributed by atoms with E-state index in [2.05, 4.69) is 63.7 Å². The molecule has 0 aliphatic carbocycles. The van der Waals surface area contributed by atoms with Crippen LogP contribution in [-0.4, -0.2) is 16.6 Å². The second-order valence-corrected chi connectivity index (χ2v) is 6.33. The Kier molecular flexibility index (Phi) is 5.42. The maximum absolute atomic E-state index is 6.09. The molecule has 0 amide bonds. The van der Waals surface area contributed by atoms with E-state index >= 15 is 0 Å². The summed E-state index contributed by atoms with van der Waals surface area (Å²) < 4.78 is 9.29. The number of rotatable bonds is 6. The van der Waals surface area contributed by atoms with Crippen molar-refractivity contribution >= 4 is 15.9 Å². The van der Waals surface area contributed by atoms with E-state index in [0.717, 1.165) is 33.6 Å². The Morgan fingerprint density at radius 3 is 2.81 bits per heavy atom. The highest BCUT2D eigenvalue weighted by molar-refractivity contribution is 9.10. The molecule has 1 heterocycles. The zero-order valence-corrected chi connectivity index (χ0v) is 14.6. The highest BCUT2D eigenvalue weighted by Crippen LogP contribution is 2.29. The lowest BCUT2D eigenvalue weighted by Gasteiger charge is -2.17. The second-order valence-electron chi connectivity index (χ2n) is 5.42. The molecule has 0 bridgehead atoms. The van der Waals surface area contributed by atoms with Crippen LogP contribution in [0.3, 0.4) is 0 Å². The number of aromatic nitrogens is 2. The largest absolute Gasteiger partial charge is 0.487 e. The number of benzene rings is 1. The molecule has 0 aliphatic heterocycles. The average Bonchev–Trinajstić information content (AvgIpc) is 2.86. The van der Waals surface area contributed by atoms with Crippen molar-refractivity contribution in [3.63, 3.8) is 0 Å². The Hall–Kier alpha value is -1.33. The lowest BCUT2D eigenvalue weighted by atomic mass is 10.1. The summed E-state index contributed by atoms with van der Waals surface area (Å²) in [6.07, 6.45) is 3.72. The summed E-state index contributed by atoms with van der Waals surface area (Å²) in [5.41, 5.74) is 3.37. The van der Waals surface area contributed by atoms with Crippen molar-refractivity contribution in [1.82, 2.24) is 14.9 Å². The SMILES string of the molecule is CNCc1cc(Br)cc(C)c1OCc1cncn1C(C)C. The quantitative estimate of drug-likeness (QED) is 0.859. The number of aryl methyl sites for hydroxylation is 1. The summed E-state index contributed by atoms with van der Waals surface area (Å²) in [6, 6.07) is 4.56. The van der Waals surface area contributed by atoms with E-state index in [-0.39, 0.29) is 0 Å². The number of hydrogen-bond donors (Lipinski definition) is 1. The Morgan fingerprint density at radius 1 is 1.38 bits per heavy atom. The van der Waals surface area contributed by atoms with Crippen molar-refractivity contribution in [2.75, 3.05) is 7.05 Å². The topological polar surface area (TPSA) is 39.1 Å². The van der Waals surface area contributed by atoms with Crippen molar-refractivity contribution in [2.45, 2.75) is 40.0 Å². The molecular weight excluding hydrogens is 330 g/mol. The van der Waals surface area contributed by atoms with Crippen molar-refractivity contribution < 1.29 is 4.74 Å². The van der Waals surface area contributed by atoms with Crippen LogP contribution in [0.25, 0.3) is 0 Å². The van der Waals surface area contributed by atoms with Gasteiger partial charge < -0.3 is 14.6 Å². The summed E-state index contributed by atoms with van der Waals surface area (Å²) in [6.45, 7) is 7.65. The first-order valence-electron chi connectivity index (χ1n) is 7.10. The van der Waals surface area contributed by atoms with Gasteiger partial charge in [0.2, 0.25) is 0 Å². The third kappa shape index (κ3) is 3.86. The van der Waals surface area contributed by atoms with Crippen LogP contribution in [0.15, 0.2) is 29.1 Å². The molecule has 0 atom stereocenters. The van der Waals surface area contributed by atoms with Crippen LogP contribution >= 0.6 is 15.9 Å². The van der Waals surface area contributed by atoms with E-state index < -0.39 is 0 Å². The van der Waals surface area contributed by atoms with Crippen LogP contribution in [0, 0.1) is 6.92 Å². The highest BCUT2D eigenvalue weighted by atomic mass is 79.9. The highest BCUT2D eigenvalue weighted by Gasteiger charge is 2.11. The van der Waals surface area contributed by atoms with Crippen LogP contribution in [-0.2, 0) is 13.2 Å². The van der Waals surface area contributed by atoms with Crippen molar-refractivity contribution in [3.8, 4) is 5.75 Å². The fourth-order valence-electron chi connectivity index (χ4n) is 2.38. The number of nitrogens with zero attached hydrogens (tertiary/aromatic N) is 2. The molecule has 0 fully saturated rings. The number of hydrogen-bond acceptors (Lipinski definition) is 3. The summed E-state index contributed by atoms with van der Waals surface area (Å²) in [4.78, 5) is 4.21. The zero-order chi connectivity index (χ0) is 15.4. The van der Waals surface area contributed by atoms with Gasteiger partial charge in [-0.3, -0.25) is 0 Å². The number of ether oxygens (including phenoxy) is 1. The predicted octanol–water partition coefficient (Wildman–Crippen LogP) is 3.83. The third-order valence-corrected chi connectivity index (χ3v) is 3.81. The molecule has 2 aromatic rings. The van der Waals surface area contributed by atoms with Gasteiger partial charge in [0.25, 0.3) is 0 Å². The molecule has 0 unspecified atom stereocenters. The first-order chi connectivity index (χ1) is 10.0. The van der Waals surface area contributed by atoms with Crippen molar-refractivity contribution in [3.05, 3.63) is 46.0 Å². The lowest BCUT2D eigenvalue weighted by molar-refractivity contribution is 0.286. The van der Waals surface area contributed by atoms with E-state index in [1.807, 2.05) is 19.6 Å². The van der Waals surface area contributed by atoms with Gasteiger partial charge in [0.1, 0.15) is 12.4 Å². The van der Waals surface area contributed by atoms with Gasteiger partial charge in [-0.15, -0.1) is 0 Å². The molecule has 0 spiro atoms. The molecule has 1 aromatic heterocycles. The van der Waals surface area contributed by atoms with Crippen molar-refractivity contribution in [2.24, 2.45) is 0 Å². The molecule has 1 N–H and O–H groups in total.